The van der Waals surface area contributed by atoms with Gasteiger partial charge in [-0.15, -0.1) is 0 Å². The number of hydrogen-bond donors (Lipinski definition) is 1. The number of benzene rings is 2. The standard InChI is InChI=1S/C12H13N/c1-9-3-2-4-11-7-10(8-13)5-6-12(9)11/h2-7H,8,13H2,1H3. The van der Waals surface area contributed by atoms with Gasteiger partial charge in [-0.05, 0) is 34.9 Å². The van der Waals surface area contributed by atoms with E-state index in [9.17, 15) is 0 Å². The topological polar surface area (TPSA) is 26.0 Å². The Morgan fingerprint density at radius 2 is 2.00 bits per heavy atom. The molecule has 0 aromatic heterocycles. The van der Waals surface area contributed by atoms with Gasteiger partial charge in [0.1, 0.15) is 0 Å². The van der Waals surface area contributed by atoms with E-state index >= 15 is 0 Å². The van der Waals surface area contributed by atoms with Crippen LogP contribution in [-0.2, 0) is 6.54 Å². The zero-order valence-electron chi connectivity index (χ0n) is 7.75. The maximum absolute atomic E-state index is 5.58. The fourth-order valence-corrected chi connectivity index (χ4v) is 1.62. The molecule has 0 saturated heterocycles. The first kappa shape index (κ1) is 8.27. The number of fused-ring (bicyclic) bond motifs is 1. The van der Waals surface area contributed by atoms with Gasteiger partial charge in [-0.25, -0.2) is 0 Å². The molecule has 0 saturated carbocycles. The van der Waals surface area contributed by atoms with Gasteiger partial charge in [-0.3, -0.25) is 0 Å². The Kier molecular flexibility index (Phi) is 2.03. The summed E-state index contributed by atoms with van der Waals surface area (Å²) in [6, 6.07) is 12.7. The first-order valence-corrected chi connectivity index (χ1v) is 4.49. The van der Waals surface area contributed by atoms with Crippen LogP contribution in [0.5, 0.6) is 0 Å². The Hall–Kier alpha value is -1.34. The van der Waals surface area contributed by atoms with Crippen LogP contribution in [0.4, 0.5) is 0 Å². The molecule has 66 valence electrons. The minimum Gasteiger partial charge on any atom is -0.326 e. The molecule has 0 aliphatic heterocycles. The summed E-state index contributed by atoms with van der Waals surface area (Å²) in [5.74, 6) is 0. The monoisotopic (exact) mass is 171 g/mol. The third-order valence-corrected chi connectivity index (χ3v) is 2.40. The summed E-state index contributed by atoms with van der Waals surface area (Å²) in [5.41, 5.74) is 8.09. The highest BCUT2D eigenvalue weighted by atomic mass is 14.5. The average molecular weight is 171 g/mol. The number of aryl methyl sites for hydroxylation is 1. The molecule has 0 atom stereocenters. The molecule has 0 amide bonds. The van der Waals surface area contributed by atoms with Crippen molar-refractivity contribution < 1.29 is 0 Å². The van der Waals surface area contributed by atoms with Crippen LogP contribution in [0.1, 0.15) is 11.1 Å². The largest absolute Gasteiger partial charge is 0.326 e. The lowest BCUT2D eigenvalue weighted by Gasteiger charge is -2.03. The van der Waals surface area contributed by atoms with E-state index in [-0.39, 0.29) is 0 Å². The molecule has 0 bridgehead atoms. The van der Waals surface area contributed by atoms with E-state index in [1.807, 2.05) is 0 Å². The van der Waals surface area contributed by atoms with Crippen molar-refractivity contribution in [1.29, 1.82) is 0 Å². The maximum atomic E-state index is 5.58. The summed E-state index contributed by atoms with van der Waals surface area (Å²) in [5, 5.41) is 2.60. The van der Waals surface area contributed by atoms with Gasteiger partial charge in [-0.1, -0.05) is 30.3 Å². The number of hydrogen-bond acceptors (Lipinski definition) is 1. The Bertz CT molecular complexity index is 432. The van der Waals surface area contributed by atoms with Crippen LogP contribution in [0, 0.1) is 6.92 Å². The van der Waals surface area contributed by atoms with Crippen molar-refractivity contribution in [2.45, 2.75) is 13.5 Å². The van der Waals surface area contributed by atoms with Gasteiger partial charge >= 0.3 is 0 Å². The Balaban J connectivity index is 2.72. The molecule has 0 unspecified atom stereocenters. The predicted molar refractivity (Wildman–Crippen MR) is 56.6 cm³/mol. The van der Waals surface area contributed by atoms with Crippen LogP contribution in [0.3, 0.4) is 0 Å². The second kappa shape index (κ2) is 3.19. The van der Waals surface area contributed by atoms with E-state index in [1.54, 1.807) is 0 Å². The van der Waals surface area contributed by atoms with Crippen molar-refractivity contribution in [3.63, 3.8) is 0 Å². The van der Waals surface area contributed by atoms with Gasteiger partial charge in [-0.2, -0.15) is 0 Å². The van der Waals surface area contributed by atoms with Gasteiger partial charge in [0.2, 0.25) is 0 Å². The average Bonchev–Trinajstić information content (AvgIpc) is 2.18. The highest BCUT2D eigenvalue weighted by molar-refractivity contribution is 5.86. The first-order chi connectivity index (χ1) is 6.31. The molecule has 2 aromatic carbocycles. The zero-order chi connectivity index (χ0) is 9.26. The molecule has 1 heteroatoms. The van der Waals surface area contributed by atoms with Crippen molar-refractivity contribution >= 4 is 10.8 Å². The predicted octanol–water partition coefficient (Wildman–Crippen LogP) is 2.61. The molecule has 0 spiro atoms. The highest BCUT2D eigenvalue weighted by Crippen LogP contribution is 2.19. The van der Waals surface area contributed by atoms with Gasteiger partial charge in [0.15, 0.2) is 0 Å². The third kappa shape index (κ3) is 1.43. The normalized spacial score (nSPS) is 10.6. The first-order valence-electron chi connectivity index (χ1n) is 4.49. The quantitative estimate of drug-likeness (QED) is 0.701. The SMILES string of the molecule is Cc1cccc2cc(CN)ccc12. The summed E-state index contributed by atoms with van der Waals surface area (Å²) in [4.78, 5) is 0. The minimum absolute atomic E-state index is 0.615. The second-order valence-corrected chi connectivity index (χ2v) is 3.33. The van der Waals surface area contributed by atoms with Gasteiger partial charge < -0.3 is 5.73 Å². The van der Waals surface area contributed by atoms with E-state index in [4.69, 9.17) is 5.73 Å². The molecule has 1 nitrogen and oxygen atoms in total. The molecule has 0 aliphatic carbocycles. The lowest BCUT2D eigenvalue weighted by Crippen LogP contribution is -1.95. The van der Waals surface area contributed by atoms with E-state index in [0.717, 1.165) is 0 Å². The molecule has 0 fully saturated rings. The van der Waals surface area contributed by atoms with Crippen LogP contribution in [0.2, 0.25) is 0 Å². The summed E-state index contributed by atoms with van der Waals surface area (Å²) in [7, 11) is 0. The van der Waals surface area contributed by atoms with E-state index < -0.39 is 0 Å². The number of nitrogens with two attached hydrogens (primary N) is 1. The van der Waals surface area contributed by atoms with E-state index in [1.165, 1.54) is 21.9 Å². The lowest BCUT2D eigenvalue weighted by molar-refractivity contribution is 1.08. The van der Waals surface area contributed by atoms with Crippen LogP contribution in [0.25, 0.3) is 10.8 Å². The van der Waals surface area contributed by atoms with Crippen molar-refractivity contribution in [2.75, 3.05) is 0 Å². The summed E-state index contributed by atoms with van der Waals surface area (Å²) in [6.45, 7) is 2.74. The van der Waals surface area contributed by atoms with Crippen LogP contribution >= 0.6 is 0 Å². The smallest absolute Gasteiger partial charge is 0.0178 e. The van der Waals surface area contributed by atoms with Crippen LogP contribution in [0.15, 0.2) is 36.4 Å². The molecule has 2 rings (SSSR count). The van der Waals surface area contributed by atoms with Crippen LogP contribution < -0.4 is 5.73 Å². The van der Waals surface area contributed by atoms with E-state index in [2.05, 4.69) is 43.3 Å². The maximum Gasteiger partial charge on any atom is 0.0178 e. The van der Waals surface area contributed by atoms with Crippen LogP contribution in [-0.4, -0.2) is 0 Å². The Morgan fingerprint density at radius 3 is 2.77 bits per heavy atom. The third-order valence-electron chi connectivity index (χ3n) is 2.40. The molecule has 0 aliphatic rings. The van der Waals surface area contributed by atoms with Crippen molar-refractivity contribution in [3.05, 3.63) is 47.5 Å². The molecule has 0 radical (unpaired) electrons. The highest BCUT2D eigenvalue weighted by Gasteiger charge is 1.96. The van der Waals surface area contributed by atoms with Crippen molar-refractivity contribution in [2.24, 2.45) is 5.73 Å². The molecular formula is C12H13N. The number of rotatable bonds is 1. The van der Waals surface area contributed by atoms with Gasteiger partial charge in [0, 0.05) is 6.54 Å². The lowest BCUT2D eigenvalue weighted by atomic mass is 10.0. The summed E-state index contributed by atoms with van der Waals surface area (Å²) in [6.07, 6.45) is 0. The summed E-state index contributed by atoms with van der Waals surface area (Å²) >= 11 is 0. The second-order valence-electron chi connectivity index (χ2n) is 3.33. The van der Waals surface area contributed by atoms with E-state index in [0.29, 0.717) is 6.54 Å². The van der Waals surface area contributed by atoms with Gasteiger partial charge in [0.25, 0.3) is 0 Å². The molecule has 0 heterocycles. The molecule has 2 aromatic rings. The molecule has 2 N–H and O–H groups in total. The Labute approximate surface area is 78.2 Å². The molecule has 13 heavy (non-hydrogen) atoms. The fourth-order valence-electron chi connectivity index (χ4n) is 1.62. The van der Waals surface area contributed by atoms with Gasteiger partial charge in [0.05, 0.1) is 0 Å². The van der Waals surface area contributed by atoms with Crippen molar-refractivity contribution in [3.8, 4) is 0 Å². The Morgan fingerprint density at radius 1 is 1.15 bits per heavy atom. The fraction of sp³-hybridized carbons (Fsp3) is 0.167. The molecular weight excluding hydrogens is 158 g/mol. The minimum atomic E-state index is 0.615. The van der Waals surface area contributed by atoms with Crippen molar-refractivity contribution in [1.82, 2.24) is 0 Å². The summed E-state index contributed by atoms with van der Waals surface area (Å²) < 4.78 is 0. The zero-order valence-corrected chi connectivity index (χ0v) is 7.75.